The monoisotopic (exact) mass is 396 g/mol. The smallest absolute Gasteiger partial charge is 0.163 e. The van der Waals surface area contributed by atoms with Crippen LogP contribution in [0.4, 0.5) is 0 Å². The van der Waals surface area contributed by atoms with Crippen molar-refractivity contribution in [2.75, 3.05) is 11.9 Å². The van der Waals surface area contributed by atoms with Gasteiger partial charge >= 0.3 is 0 Å². The summed E-state index contributed by atoms with van der Waals surface area (Å²) in [5, 5.41) is 0.790. The van der Waals surface area contributed by atoms with E-state index >= 15 is 0 Å². The van der Waals surface area contributed by atoms with Crippen LogP contribution in [0.1, 0.15) is 29.3 Å². The molecule has 0 unspecified atom stereocenters. The molecule has 16 heavy (non-hydrogen) atoms. The lowest BCUT2D eigenvalue weighted by Gasteiger charge is -2.09. The quantitative estimate of drug-likeness (QED) is 0.413. The van der Waals surface area contributed by atoms with E-state index < -0.39 is 0 Å². The molecular formula is C12H14BrIO2. The SMILES string of the molecule is CCC(=O)c1cc(OCCBr)ccc1CI. The van der Waals surface area contributed by atoms with Crippen molar-refractivity contribution in [3.63, 3.8) is 0 Å². The summed E-state index contributed by atoms with van der Waals surface area (Å²) in [4.78, 5) is 11.8. The number of halogens is 2. The Morgan fingerprint density at radius 2 is 2.25 bits per heavy atom. The molecule has 0 aliphatic rings. The van der Waals surface area contributed by atoms with Crippen LogP contribution in [-0.2, 0) is 4.43 Å². The van der Waals surface area contributed by atoms with Crippen LogP contribution in [-0.4, -0.2) is 17.7 Å². The summed E-state index contributed by atoms with van der Waals surface area (Å²) < 4.78 is 6.33. The van der Waals surface area contributed by atoms with E-state index in [9.17, 15) is 4.79 Å². The molecule has 0 bridgehead atoms. The third kappa shape index (κ3) is 3.73. The fraction of sp³-hybridized carbons (Fsp3) is 0.417. The summed E-state index contributed by atoms with van der Waals surface area (Å²) in [5.74, 6) is 0.945. The first-order valence-corrected chi connectivity index (χ1v) is 7.78. The number of benzene rings is 1. The fourth-order valence-electron chi connectivity index (χ4n) is 1.37. The highest BCUT2D eigenvalue weighted by Crippen LogP contribution is 2.21. The molecule has 4 heteroatoms. The Labute approximate surface area is 118 Å². The molecule has 2 nitrogen and oxygen atoms in total. The molecule has 0 atom stereocenters. The summed E-state index contributed by atoms with van der Waals surface area (Å²) in [6, 6.07) is 5.74. The molecule has 0 aliphatic carbocycles. The van der Waals surface area contributed by atoms with E-state index in [-0.39, 0.29) is 5.78 Å². The molecule has 0 aromatic heterocycles. The molecule has 1 rings (SSSR count). The first kappa shape index (κ1) is 14.0. The zero-order chi connectivity index (χ0) is 12.0. The second-order valence-corrected chi connectivity index (χ2v) is 4.82. The minimum absolute atomic E-state index is 0.177. The van der Waals surface area contributed by atoms with Gasteiger partial charge in [0, 0.05) is 21.7 Å². The van der Waals surface area contributed by atoms with Crippen molar-refractivity contribution in [1.82, 2.24) is 0 Å². The number of rotatable bonds is 6. The number of hydrogen-bond donors (Lipinski definition) is 0. The largest absolute Gasteiger partial charge is 0.493 e. The molecule has 0 heterocycles. The fourth-order valence-corrected chi connectivity index (χ4v) is 2.20. The average Bonchev–Trinajstić information content (AvgIpc) is 2.35. The Morgan fingerprint density at radius 1 is 1.50 bits per heavy atom. The maximum atomic E-state index is 11.8. The highest BCUT2D eigenvalue weighted by Gasteiger charge is 2.10. The van der Waals surface area contributed by atoms with Crippen molar-refractivity contribution >= 4 is 44.3 Å². The maximum absolute atomic E-state index is 11.8. The third-order valence-corrected chi connectivity index (χ3v) is 3.34. The molecule has 0 N–H and O–H groups in total. The minimum atomic E-state index is 0.177. The predicted molar refractivity (Wildman–Crippen MR) is 78.1 cm³/mol. The van der Waals surface area contributed by atoms with Gasteiger partial charge in [-0.2, -0.15) is 0 Å². The summed E-state index contributed by atoms with van der Waals surface area (Å²) in [7, 11) is 0. The van der Waals surface area contributed by atoms with Crippen LogP contribution in [0.5, 0.6) is 5.75 Å². The highest BCUT2D eigenvalue weighted by molar-refractivity contribution is 14.1. The molecule has 0 saturated carbocycles. The third-order valence-electron chi connectivity index (χ3n) is 2.19. The van der Waals surface area contributed by atoms with Gasteiger partial charge in [0.2, 0.25) is 0 Å². The van der Waals surface area contributed by atoms with Gasteiger partial charge in [-0.3, -0.25) is 4.79 Å². The molecule has 0 radical (unpaired) electrons. The topological polar surface area (TPSA) is 26.3 Å². The van der Waals surface area contributed by atoms with E-state index in [1.165, 1.54) is 0 Å². The van der Waals surface area contributed by atoms with E-state index in [2.05, 4.69) is 38.5 Å². The number of ether oxygens (including phenoxy) is 1. The first-order valence-electron chi connectivity index (χ1n) is 5.13. The van der Waals surface area contributed by atoms with Crippen molar-refractivity contribution in [2.24, 2.45) is 0 Å². The average molecular weight is 397 g/mol. The Bertz CT molecular complexity index is 366. The van der Waals surface area contributed by atoms with Crippen molar-refractivity contribution in [3.8, 4) is 5.75 Å². The Balaban J connectivity index is 2.96. The number of Topliss-reactive ketones (excluding diaryl/α,β-unsaturated/α-hetero) is 1. The van der Waals surface area contributed by atoms with Crippen LogP contribution in [0.2, 0.25) is 0 Å². The lowest BCUT2D eigenvalue weighted by atomic mass is 10.0. The molecular weight excluding hydrogens is 383 g/mol. The molecule has 0 fully saturated rings. The van der Waals surface area contributed by atoms with Crippen LogP contribution in [0.15, 0.2) is 18.2 Å². The Hall–Kier alpha value is -0.100. The normalized spacial score (nSPS) is 10.2. The molecule has 88 valence electrons. The van der Waals surface area contributed by atoms with E-state index in [4.69, 9.17) is 4.74 Å². The van der Waals surface area contributed by atoms with Crippen LogP contribution in [0.3, 0.4) is 0 Å². The first-order chi connectivity index (χ1) is 7.72. The van der Waals surface area contributed by atoms with Crippen molar-refractivity contribution in [2.45, 2.75) is 17.8 Å². The van der Waals surface area contributed by atoms with Gasteiger partial charge in [0.25, 0.3) is 0 Å². The number of carbonyl (C=O) groups is 1. The summed E-state index contributed by atoms with van der Waals surface area (Å²) in [6.07, 6.45) is 0.533. The van der Waals surface area contributed by atoms with Crippen molar-refractivity contribution < 1.29 is 9.53 Å². The second kappa shape index (κ2) is 7.27. The molecule has 0 amide bonds. The predicted octanol–water partition coefficient (Wildman–Crippen LogP) is 3.99. The van der Waals surface area contributed by atoms with E-state index in [1.54, 1.807) is 0 Å². The van der Waals surface area contributed by atoms with E-state index in [1.807, 2.05) is 25.1 Å². The summed E-state index contributed by atoms with van der Waals surface area (Å²) >= 11 is 5.57. The maximum Gasteiger partial charge on any atom is 0.163 e. The molecule has 0 spiro atoms. The van der Waals surface area contributed by atoms with E-state index in [0.29, 0.717) is 13.0 Å². The van der Waals surface area contributed by atoms with Crippen LogP contribution in [0, 0.1) is 0 Å². The zero-order valence-corrected chi connectivity index (χ0v) is 12.9. The number of alkyl halides is 2. The zero-order valence-electron chi connectivity index (χ0n) is 9.13. The number of hydrogen-bond acceptors (Lipinski definition) is 2. The summed E-state index contributed by atoms with van der Waals surface area (Å²) in [5.41, 5.74) is 1.88. The number of ketones is 1. The molecule has 0 saturated heterocycles. The van der Waals surface area contributed by atoms with E-state index in [0.717, 1.165) is 26.6 Å². The van der Waals surface area contributed by atoms with Crippen LogP contribution >= 0.6 is 38.5 Å². The molecule has 1 aromatic rings. The van der Waals surface area contributed by atoms with Gasteiger partial charge in [0.1, 0.15) is 5.75 Å². The second-order valence-electron chi connectivity index (χ2n) is 3.27. The minimum Gasteiger partial charge on any atom is -0.493 e. The van der Waals surface area contributed by atoms with Crippen LogP contribution in [0.25, 0.3) is 0 Å². The van der Waals surface area contributed by atoms with Gasteiger partial charge in [-0.05, 0) is 17.7 Å². The van der Waals surface area contributed by atoms with Crippen molar-refractivity contribution in [3.05, 3.63) is 29.3 Å². The van der Waals surface area contributed by atoms with Crippen LogP contribution < -0.4 is 4.74 Å². The molecule has 1 aromatic carbocycles. The molecule has 0 aliphatic heterocycles. The Kier molecular flexibility index (Phi) is 6.34. The summed E-state index contributed by atoms with van der Waals surface area (Å²) in [6.45, 7) is 2.49. The van der Waals surface area contributed by atoms with Gasteiger partial charge in [-0.15, -0.1) is 0 Å². The van der Waals surface area contributed by atoms with Gasteiger partial charge in [0.05, 0.1) is 6.61 Å². The van der Waals surface area contributed by atoms with Crippen molar-refractivity contribution in [1.29, 1.82) is 0 Å². The van der Waals surface area contributed by atoms with Gasteiger partial charge in [-0.25, -0.2) is 0 Å². The number of carbonyl (C=O) groups excluding carboxylic acids is 1. The Morgan fingerprint density at radius 3 is 2.81 bits per heavy atom. The van der Waals surface area contributed by atoms with Gasteiger partial charge in [0.15, 0.2) is 5.78 Å². The lowest BCUT2D eigenvalue weighted by Crippen LogP contribution is -2.04. The highest BCUT2D eigenvalue weighted by atomic mass is 127. The van der Waals surface area contributed by atoms with Gasteiger partial charge in [-0.1, -0.05) is 51.5 Å². The van der Waals surface area contributed by atoms with Gasteiger partial charge < -0.3 is 4.74 Å². The lowest BCUT2D eigenvalue weighted by molar-refractivity contribution is 0.0987. The standard InChI is InChI=1S/C12H14BrIO2/c1-2-12(15)11-7-10(16-6-5-13)4-3-9(11)8-14/h3-4,7H,2,5-6,8H2,1H3.